The number of hydrogen-bond acceptors (Lipinski definition) is 5. The van der Waals surface area contributed by atoms with Gasteiger partial charge in [-0.3, -0.25) is 0 Å². The topological polar surface area (TPSA) is 60.2 Å². The summed E-state index contributed by atoms with van der Waals surface area (Å²) in [6.07, 6.45) is 0.829. The second kappa shape index (κ2) is 6.52. The summed E-state index contributed by atoms with van der Waals surface area (Å²) in [5, 5.41) is 7.17. The van der Waals surface area contributed by atoms with Crippen LogP contribution in [0.15, 0.2) is 28.8 Å². The van der Waals surface area contributed by atoms with Crippen molar-refractivity contribution in [2.75, 3.05) is 7.05 Å². The van der Waals surface area contributed by atoms with Crippen LogP contribution in [-0.4, -0.2) is 29.3 Å². The molecule has 0 aliphatic heterocycles. The predicted octanol–water partition coefficient (Wildman–Crippen LogP) is 2.67. The molecular weight excluding hydrogens is 254 g/mol. The quantitative estimate of drug-likeness (QED) is 0.878. The van der Waals surface area contributed by atoms with E-state index in [9.17, 15) is 0 Å². The van der Waals surface area contributed by atoms with Crippen LogP contribution in [-0.2, 0) is 6.42 Å². The monoisotopic (exact) mass is 275 g/mol. The molecular formula is C15H21N3O2. The van der Waals surface area contributed by atoms with Crippen LogP contribution >= 0.6 is 0 Å². The van der Waals surface area contributed by atoms with Crippen molar-refractivity contribution in [3.05, 3.63) is 30.1 Å². The Morgan fingerprint density at radius 1 is 1.25 bits per heavy atom. The highest BCUT2D eigenvalue weighted by Gasteiger charge is 2.15. The van der Waals surface area contributed by atoms with Gasteiger partial charge in [0.2, 0.25) is 0 Å². The van der Waals surface area contributed by atoms with Crippen molar-refractivity contribution in [1.29, 1.82) is 0 Å². The van der Waals surface area contributed by atoms with E-state index in [0.717, 1.165) is 17.7 Å². The van der Waals surface area contributed by atoms with Gasteiger partial charge in [-0.05, 0) is 40.0 Å². The van der Waals surface area contributed by atoms with Gasteiger partial charge in [0.25, 0.3) is 5.89 Å². The summed E-state index contributed by atoms with van der Waals surface area (Å²) in [5.74, 6) is 1.96. The van der Waals surface area contributed by atoms with Crippen LogP contribution in [0.2, 0.25) is 0 Å². The van der Waals surface area contributed by atoms with E-state index in [2.05, 4.69) is 22.4 Å². The molecule has 0 bridgehead atoms. The van der Waals surface area contributed by atoms with Crippen molar-refractivity contribution >= 4 is 0 Å². The fourth-order valence-corrected chi connectivity index (χ4v) is 1.82. The minimum absolute atomic E-state index is 0.0999. The number of para-hydroxylation sites is 1. The lowest BCUT2D eigenvalue weighted by Gasteiger charge is -2.11. The molecule has 2 rings (SSSR count). The van der Waals surface area contributed by atoms with Crippen molar-refractivity contribution in [2.45, 2.75) is 39.3 Å². The molecule has 0 aliphatic rings. The van der Waals surface area contributed by atoms with Crippen LogP contribution in [0, 0.1) is 0 Å². The molecule has 0 saturated heterocycles. The van der Waals surface area contributed by atoms with E-state index in [1.54, 1.807) is 0 Å². The average Bonchev–Trinajstić information content (AvgIpc) is 2.87. The number of hydrogen-bond donors (Lipinski definition) is 1. The Kier molecular flexibility index (Phi) is 4.74. The molecule has 0 fully saturated rings. The zero-order valence-electron chi connectivity index (χ0n) is 12.4. The third-order valence-corrected chi connectivity index (χ3v) is 2.93. The summed E-state index contributed by atoms with van der Waals surface area (Å²) in [5.41, 5.74) is 0.831. The summed E-state index contributed by atoms with van der Waals surface area (Å²) >= 11 is 0. The second-order valence-corrected chi connectivity index (χ2v) is 5.07. The van der Waals surface area contributed by atoms with E-state index in [4.69, 9.17) is 9.26 Å². The zero-order chi connectivity index (χ0) is 14.5. The molecule has 1 aromatic heterocycles. The smallest absolute Gasteiger partial charge is 0.261 e. The largest absolute Gasteiger partial charge is 0.490 e. The Morgan fingerprint density at radius 2 is 2.00 bits per heavy atom. The molecule has 2 aromatic rings. The van der Waals surface area contributed by atoms with E-state index < -0.39 is 0 Å². The lowest BCUT2D eigenvalue weighted by molar-refractivity contribution is 0.242. The average molecular weight is 275 g/mol. The first kappa shape index (κ1) is 14.5. The Bertz CT molecular complexity index is 552. The molecule has 0 saturated carbocycles. The standard InChI is InChI=1S/C15H21N3O2/c1-10(2)19-13-8-6-5-7-12(13)15-17-14(18-20-15)9-11(3)16-4/h5-8,10-11,16H,9H2,1-4H3. The van der Waals surface area contributed by atoms with Crippen molar-refractivity contribution < 1.29 is 9.26 Å². The SMILES string of the molecule is CNC(C)Cc1noc(-c2ccccc2OC(C)C)n1. The molecule has 1 aromatic carbocycles. The lowest BCUT2D eigenvalue weighted by atomic mass is 10.2. The molecule has 5 nitrogen and oxygen atoms in total. The maximum atomic E-state index is 5.77. The summed E-state index contributed by atoms with van der Waals surface area (Å²) in [4.78, 5) is 4.44. The third kappa shape index (κ3) is 3.57. The van der Waals surface area contributed by atoms with Crippen LogP contribution < -0.4 is 10.1 Å². The first-order valence-corrected chi connectivity index (χ1v) is 6.86. The van der Waals surface area contributed by atoms with Gasteiger partial charge in [-0.15, -0.1) is 0 Å². The molecule has 20 heavy (non-hydrogen) atoms. The van der Waals surface area contributed by atoms with E-state index >= 15 is 0 Å². The molecule has 0 amide bonds. The number of benzene rings is 1. The molecule has 1 atom stereocenters. The number of nitrogens with zero attached hydrogens (tertiary/aromatic N) is 2. The van der Waals surface area contributed by atoms with Crippen LogP contribution in [0.25, 0.3) is 11.5 Å². The van der Waals surface area contributed by atoms with Crippen molar-refractivity contribution in [1.82, 2.24) is 15.5 Å². The molecule has 0 spiro atoms. The molecule has 5 heteroatoms. The van der Waals surface area contributed by atoms with Gasteiger partial charge < -0.3 is 14.6 Å². The first-order valence-electron chi connectivity index (χ1n) is 6.86. The first-order chi connectivity index (χ1) is 9.60. The fourth-order valence-electron chi connectivity index (χ4n) is 1.82. The van der Waals surface area contributed by atoms with Crippen LogP contribution in [0.3, 0.4) is 0 Å². The van der Waals surface area contributed by atoms with E-state index in [1.165, 1.54) is 0 Å². The van der Waals surface area contributed by atoms with Gasteiger partial charge in [0, 0.05) is 12.5 Å². The minimum atomic E-state index is 0.0999. The predicted molar refractivity (Wildman–Crippen MR) is 77.7 cm³/mol. The number of aromatic nitrogens is 2. The Labute approximate surface area is 119 Å². The van der Waals surface area contributed by atoms with E-state index in [-0.39, 0.29) is 6.10 Å². The highest BCUT2D eigenvalue weighted by molar-refractivity contribution is 5.62. The normalized spacial score (nSPS) is 12.7. The number of ether oxygens (including phenoxy) is 1. The fraction of sp³-hybridized carbons (Fsp3) is 0.467. The van der Waals surface area contributed by atoms with Gasteiger partial charge in [-0.25, -0.2) is 0 Å². The number of nitrogens with one attached hydrogen (secondary N) is 1. The van der Waals surface area contributed by atoms with E-state index in [0.29, 0.717) is 17.8 Å². The summed E-state index contributed by atoms with van der Waals surface area (Å²) in [7, 11) is 1.91. The maximum Gasteiger partial charge on any atom is 0.261 e. The Morgan fingerprint density at radius 3 is 2.70 bits per heavy atom. The highest BCUT2D eigenvalue weighted by atomic mass is 16.5. The molecule has 1 unspecified atom stereocenters. The maximum absolute atomic E-state index is 5.77. The molecule has 0 aliphatic carbocycles. The summed E-state index contributed by atoms with van der Waals surface area (Å²) in [6, 6.07) is 8.01. The zero-order valence-corrected chi connectivity index (χ0v) is 12.4. The van der Waals surface area contributed by atoms with Crippen molar-refractivity contribution in [2.24, 2.45) is 0 Å². The summed E-state index contributed by atoms with van der Waals surface area (Å²) < 4.78 is 11.1. The van der Waals surface area contributed by atoms with Gasteiger partial charge >= 0.3 is 0 Å². The van der Waals surface area contributed by atoms with E-state index in [1.807, 2.05) is 45.2 Å². The third-order valence-electron chi connectivity index (χ3n) is 2.93. The van der Waals surface area contributed by atoms with Gasteiger partial charge in [0.1, 0.15) is 5.75 Å². The van der Waals surface area contributed by atoms with Gasteiger partial charge in [-0.2, -0.15) is 4.98 Å². The Hall–Kier alpha value is -1.88. The molecule has 0 radical (unpaired) electrons. The molecule has 1 N–H and O–H groups in total. The number of likely N-dealkylation sites (N-methyl/N-ethyl adjacent to an activating group) is 1. The molecule has 108 valence electrons. The second-order valence-electron chi connectivity index (χ2n) is 5.07. The van der Waals surface area contributed by atoms with Crippen LogP contribution in [0.1, 0.15) is 26.6 Å². The Balaban J connectivity index is 2.23. The highest BCUT2D eigenvalue weighted by Crippen LogP contribution is 2.29. The van der Waals surface area contributed by atoms with Gasteiger partial charge in [0.15, 0.2) is 5.82 Å². The van der Waals surface area contributed by atoms with Crippen LogP contribution in [0.5, 0.6) is 5.75 Å². The van der Waals surface area contributed by atoms with Crippen LogP contribution in [0.4, 0.5) is 0 Å². The molecule has 1 heterocycles. The number of rotatable bonds is 6. The van der Waals surface area contributed by atoms with Crippen molar-refractivity contribution in [3.63, 3.8) is 0 Å². The lowest BCUT2D eigenvalue weighted by Crippen LogP contribution is -2.24. The van der Waals surface area contributed by atoms with Gasteiger partial charge in [-0.1, -0.05) is 17.3 Å². The van der Waals surface area contributed by atoms with Crippen molar-refractivity contribution in [3.8, 4) is 17.2 Å². The summed E-state index contributed by atoms with van der Waals surface area (Å²) in [6.45, 7) is 6.06. The van der Waals surface area contributed by atoms with Gasteiger partial charge in [0.05, 0.1) is 11.7 Å². The minimum Gasteiger partial charge on any atom is -0.490 e.